The van der Waals surface area contributed by atoms with Gasteiger partial charge in [-0.25, -0.2) is 0 Å². The van der Waals surface area contributed by atoms with Crippen LogP contribution in [0.15, 0.2) is 61.2 Å². The number of hydrogen-bond donors (Lipinski definition) is 1. The van der Waals surface area contributed by atoms with Crippen LogP contribution in [-0.2, 0) is 16.0 Å². The SMILES string of the molecule is C=CC(=O)Nc1cccc(CC(=O)N(C)CCCOc2ccc(Cl)cc2)c1. The molecule has 2 amide bonds. The highest BCUT2D eigenvalue weighted by molar-refractivity contribution is 6.30. The summed E-state index contributed by atoms with van der Waals surface area (Å²) in [6.07, 6.45) is 2.20. The topological polar surface area (TPSA) is 58.6 Å². The van der Waals surface area contributed by atoms with Gasteiger partial charge in [0.1, 0.15) is 5.75 Å². The van der Waals surface area contributed by atoms with Crippen molar-refractivity contribution in [2.75, 3.05) is 25.5 Å². The largest absolute Gasteiger partial charge is 0.494 e. The zero-order chi connectivity index (χ0) is 19.6. The minimum absolute atomic E-state index is 0.00805. The van der Waals surface area contributed by atoms with Crippen LogP contribution in [0.2, 0.25) is 5.02 Å². The molecule has 27 heavy (non-hydrogen) atoms. The molecule has 0 aromatic heterocycles. The molecule has 0 saturated carbocycles. The molecule has 1 N–H and O–H groups in total. The fourth-order valence-corrected chi connectivity index (χ4v) is 2.54. The van der Waals surface area contributed by atoms with Crippen molar-refractivity contribution in [1.29, 1.82) is 0 Å². The van der Waals surface area contributed by atoms with Crippen molar-refractivity contribution in [1.82, 2.24) is 4.90 Å². The van der Waals surface area contributed by atoms with Gasteiger partial charge in [0.05, 0.1) is 13.0 Å². The molecule has 0 aliphatic rings. The highest BCUT2D eigenvalue weighted by atomic mass is 35.5. The Kier molecular flexibility index (Phi) is 7.89. The number of nitrogens with zero attached hydrogens (tertiary/aromatic N) is 1. The van der Waals surface area contributed by atoms with Gasteiger partial charge in [-0.3, -0.25) is 9.59 Å². The molecule has 0 radical (unpaired) electrons. The van der Waals surface area contributed by atoms with Crippen molar-refractivity contribution in [3.63, 3.8) is 0 Å². The van der Waals surface area contributed by atoms with E-state index in [1.165, 1.54) is 6.08 Å². The van der Waals surface area contributed by atoms with Crippen LogP contribution in [0.4, 0.5) is 5.69 Å². The average Bonchev–Trinajstić information content (AvgIpc) is 2.66. The summed E-state index contributed by atoms with van der Waals surface area (Å²) in [4.78, 5) is 25.4. The summed E-state index contributed by atoms with van der Waals surface area (Å²) in [5.74, 6) is 0.483. The van der Waals surface area contributed by atoms with Crippen LogP contribution in [0, 0.1) is 0 Å². The van der Waals surface area contributed by atoms with Gasteiger partial charge in [-0.15, -0.1) is 0 Å². The number of rotatable bonds is 9. The maximum absolute atomic E-state index is 12.4. The molecule has 2 rings (SSSR count). The highest BCUT2D eigenvalue weighted by Crippen LogP contribution is 2.16. The van der Waals surface area contributed by atoms with E-state index in [4.69, 9.17) is 16.3 Å². The molecule has 0 unspecified atom stereocenters. The van der Waals surface area contributed by atoms with Gasteiger partial charge < -0.3 is 15.0 Å². The van der Waals surface area contributed by atoms with E-state index in [2.05, 4.69) is 11.9 Å². The van der Waals surface area contributed by atoms with Crippen LogP contribution in [0.5, 0.6) is 5.75 Å². The van der Waals surface area contributed by atoms with E-state index in [-0.39, 0.29) is 18.2 Å². The number of likely N-dealkylation sites (N-methyl/N-ethyl adjacent to an activating group) is 1. The standard InChI is InChI=1S/C21H23ClN2O3/c1-3-20(25)23-18-7-4-6-16(14-18)15-21(26)24(2)12-5-13-27-19-10-8-17(22)9-11-19/h3-4,6-11,14H,1,5,12-13,15H2,2H3,(H,23,25). The highest BCUT2D eigenvalue weighted by Gasteiger charge is 2.10. The van der Waals surface area contributed by atoms with E-state index in [9.17, 15) is 9.59 Å². The Morgan fingerprint density at radius 3 is 2.67 bits per heavy atom. The predicted octanol–water partition coefficient (Wildman–Crippen LogP) is 3.93. The first-order valence-electron chi connectivity index (χ1n) is 8.62. The molecule has 0 aliphatic carbocycles. The minimum atomic E-state index is -0.281. The van der Waals surface area contributed by atoms with E-state index in [1.807, 2.05) is 18.2 Å². The predicted molar refractivity (Wildman–Crippen MR) is 108 cm³/mol. The van der Waals surface area contributed by atoms with E-state index < -0.39 is 0 Å². The number of benzene rings is 2. The molecular weight excluding hydrogens is 364 g/mol. The lowest BCUT2D eigenvalue weighted by Gasteiger charge is -2.17. The Hall–Kier alpha value is -2.79. The first-order chi connectivity index (χ1) is 13.0. The van der Waals surface area contributed by atoms with E-state index in [0.29, 0.717) is 23.9 Å². The van der Waals surface area contributed by atoms with Gasteiger partial charge in [0.2, 0.25) is 11.8 Å². The Bertz CT molecular complexity index is 790. The fourth-order valence-electron chi connectivity index (χ4n) is 2.41. The van der Waals surface area contributed by atoms with Gasteiger partial charge >= 0.3 is 0 Å². The molecule has 0 fully saturated rings. The van der Waals surface area contributed by atoms with E-state index in [0.717, 1.165) is 17.7 Å². The zero-order valence-electron chi connectivity index (χ0n) is 15.3. The Morgan fingerprint density at radius 2 is 1.96 bits per heavy atom. The van der Waals surface area contributed by atoms with Crippen molar-refractivity contribution < 1.29 is 14.3 Å². The van der Waals surface area contributed by atoms with Gasteiger partial charge in [0.25, 0.3) is 0 Å². The number of carbonyl (C=O) groups is 2. The van der Waals surface area contributed by atoms with Crippen LogP contribution >= 0.6 is 11.6 Å². The number of hydrogen-bond acceptors (Lipinski definition) is 3. The number of nitrogens with one attached hydrogen (secondary N) is 1. The molecule has 0 aliphatic heterocycles. The minimum Gasteiger partial charge on any atom is -0.494 e. The summed E-state index contributed by atoms with van der Waals surface area (Å²) in [5, 5.41) is 3.36. The molecule has 0 spiro atoms. The Morgan fingerprint density at radius 1 is 1.22 bits per heavy atom. The van der Waals surface area contributed by atoms with Gasteiger partial charge in [-0.1, -0.05) is 30.3 Å². The molecule has 142 valence electrons. The van der Waals surface area contributed by atoms with E-state index >= 15 is 0 Å². The van der Waals surface area contributed by atoms with E-state index in [1.54, 1.807) is 42.3 Å². The Balaban J connectivity index is 1.76. The summed E-state index contributed by atoms with van der Waals surface area (Å²) in [5.41, 5.74) is 1.48. The average molecular weight is 387 g/mol. The van der Waals surface area contributed by atoms with Crippen LogP contribution in [0.3, 0.4) is 0 Å². The van der Waals surface area contributed by atoms with Crippen LogP contribution in [0.25, 0.3) is 0 Å². The fraction of sp³-hybridized carbons (Fsp3) is 0.238. The van der Waals surface area contributed by atoms with Gasteiger partial charge in [0.15, 0.2) is 0 Å². The van der Waals surface area contributed by atoms with Crippen LogP contribution < -0.4 is 10.1 Å². The molecule has 0 heterocycles. The van der Waals surface area contributed by atoms with Gasteiger partial charge in [-0.2, -0.15) is 0 Å². The summed E-state index contributed by atoms with van der Waals surface area (Å²) in [6.45, 7) is 4.53. The molecule has 6 heteroatoms. The monoisotopic (exact) mass is 386 g/mol. The first kappa shape index (κ1) is 20.5. The maximum Gasteiger partial charge on any atom is 0.247 e. The number of amides is 2. The van der Waals surface area contributed by atoms with Gasteiger partial charge in [-0.05, 0) is 54.5 Å². The number of carbonyl (C=O) groups excluding carboxylic acids is 2. The summed E-state index contributed by atoms with van der Waals surface area (Å²) in [6, 6.07) is 14.4. The summed E-state index contributed by atoms with van der Waals surface area (Å²) < 4.78 is 5.63. The third-order valence-electron chi connectivity index (χ3n) is 3.88. The van der Waals surface area contributed by atoms with Gasteiger partial charge in [0, 0.05) is 24.3 Å². The molecule has 0 atom stereocenters. The lowest BCUT2D eigenvalue weighted by molar-refractivity contribution is -0.129. The lowest BCUT2D eigenvalue weighted by Crippen LogP contribution is -2.30. The number of anilines is 1. The third-order valence-corrected chi connectivity index (χ3v) is 4.13. The van der Waals surface area contributed by atoms with Crippen molar-refractivity contribution in [3.05, 3.63) is 71.8 Å². The third kappa shape index (κ3) is 7.15. The van der Waals surface area contributed by atoms with Crippen molar-refractivity contribution in [2.24, 2.45) is 0 Å². The normalized spacial score (nSPS) is 10.1. The quantitative estimate of drug-likeness (QED) is 0.524. The molecular formula is C21H23ClN2O3. The van der Waals surface area contributed by atoms with Crippen molar-refractivity contribution >= 4 is 29.1 Å². The van der Waals surface area contributed by atoms with Crippen molar-refractivity contribution in [2.45, 2.75) is 12.8 Å². The summed E-state index contributed by atoms with van der Waals surface area (Å²) >= 11 is 5.83. The second-order valence-corrected chi connectivity index (χ2v) is 6.48. The number of ether oxygens (including phenoxy) is 1. The molecule has 5 nitrogen and oxygen atoms in total. The maximum atomic E-state index is 12.4. The summed E-state index contributed by atoms with van der Waals surface area (Å²) in [7, 11) is 1.77. The first-order valence-corrected chi connectivity index (χ1v) is 9.00. The molecule has 0 bridgehead atoms. The van der Waals surface area contributed by atoms with Crippen LogP contribution in [-0.4, -0.2) is 36.9 Å². The Labute approximate surface area is 164 Å². The van der Waals surface area contributed by atoms with Crippen molar-refractivity contribution in [3.8, 4) is 5.75 Å². The molecule has 2 aromatic carbocycles. The lowest BCUT2D eigenvalue weighted by atomic mass is 10.1. The molecule has 2 aromatic rings. The second-order valence-electron chi connectivity index (χ2n) is 6.04. The van der Waals surface area contributed by atoms with Crippen LogP contribution in [0.1, 0.15) is 12.0 Å². The molecule has 0 saturated heterocycles. The number of halogens is 1. The second kappa shape index (κ2) is 10.4. The smallest absolute Gasteiger partial charge is 0.247 e. The zero-order valence-corrected chi connectivity index (χ0v) is 16.0.